The van der Waals surface area contributed by atoms with Gasteiger partial charge >= 0.3 is 0 Å². The van der Waals surface area contributed by atoms with E-state index in [0.29, 0.717) is 17.5 Å². The molecule has 7 aromatic carbocycles. The van der Waals surface area contributed by atoms with Gasteiger partial charge in [-0.3, -0.25) is 0 Å². The molecule has 0 amide bonds. The molecule has 0 bridgehead atoms. The molecule has 53 heavy (non-hydrogen) atoms. The molecule has 1 aliphatic heterocycles. The molecular formula is C47H34N4OSi. The minimum absolute atomic E-state index is 0.603. The number of rotatable bonds is 5. The number of anilines is 3. The molecule has 0 radical (unpaired) electrons. The zero-order valence-electron chi connectivity index (χ0n) is 29.4. The highest BCUT2D eigenvalue weighted by molar-refractivity contribution is 7.02. The number of hydrogen-bond donors (Lipinski definition) is 0. The number of fused-ring (bicyclic) bond motifs is 5. The molecule has 10 rings (SSSR count). The molecule has 252 valence electrons. The van der Waals surface area contributed by atoms with Crippen molar-refractivity contribution in [3.8, 4) is 45.3 Å². The zero-order valence-corrected chi connectivity index (χ0v) is 30.4. The third-order valence-corrected chi connectivity index (χ3v) is 14.0. The first-order valence-corrected chi connectivity index (χ1v) is 20.9. The van der Waals surface area contributed by atoms with Crippen molar-refractivity contribution in [2.75, 3.05) is 4.90 Å². The normalized spacial score (nSPS) is 13.2. The summed E-state index contributed by atoms with van der Waals surface area (Å²) in [5.74, 6) is 1.87. The van der Waals surface area contributed by atoms with Crippen LogP contribution in [-0.4, -0.2) is 23.0 Å². The van der Waals surface area contributed by atoms with Crippen molar-refractivity contribution in [1.29, 1.82) is 0 Å². The lowest BCUT2D eigenvalue weighted by molar-refractivity contribution is 0.669. The summed E-state index contributed by atoms with van der Waals surface area (Å²) in [4.78, 5) is 17.2. The lowest BCUT2D eigenvalue weighted by Crippen LogP contribution is -2.58. The summed E-state index contributed by atoms with van der Waals surface area (Å²) >= 11 is 0. The predicted molar refractivity (Wildman–Crippen MR) is 220 cm³/mol. The quantitative estimate of drug-likeness (QED) is 0.168. The first-order chi connectivity index (χ1) is 26.0. The van der Waals surface area contributed by atoms with E-state index in [4.69, 9.17) is 19.4 Å². The Morgan fingerprint density at radius 1 is 0.415 bits per heavy atom. The smallest absolute Gasteiger partial charge is 0.164 e. The monoisotopic (exact) mass is 698 g/mol. The van der Waals surface area contributed by atoms with Crippen molar-refractivity contribution in [2.24, 2.45) is 0 Å². The van der Waals surface area contributed by atoms with Crippen molar-refractivity contribution in [2.45, 2.75) is 13.1 Å². The van der Waals surface area contributed by atoms with Gasteiger partial charge in [0.15, 0.2) is 17.5 Å². The summed E-state index contributed by atoms with van der Waals surface area (Å²) < 4.78 is 6.49. The fraction of sp³-hybridized carbons (Fsp3) is 0.0426. The van der Waals surface area contributed by atoms with Crippen molar-refractivity contribution in [3.63, 3.8) is 0 Å². The van der Waals surface area contributed by atoms with Crippen LogP contribution in [0.2, 0.25) is 13.1 Å². The summed E-state index contributed by atoms with van der Waals surface area (Å²) in [6.45, 7) is 4.93. The summed E-state index contributed by atoms with van der Waals surface area (Å²) in [6.07, 6.45) is 0. The van der Waals surface area contributed by atoms with Crippen molar-refractivity contribution in [3.05, 3.63) is 170 Å². The molecule has 3 heterocycles. The second-order valence-corrected chi connectivity index (χ2v) is 18.4. The van der Waals surface area contributed by atoms with E-state index < -0.39 is 8.07 Å². The fourth-order valence-electron chi connectivity index (χ4n) is 7.79. The van der Waals surface area contributed by atoms with Crippen molar-refractivity contribution in [1.82, 2.24) is 15.0 Å². The molecule has 2 aromatic heterocycles. The maximum atomic E-state index is 6.49. The zero-order chi connectivity index (χ0) is 35.5. The molecule has 6 heteroatoms. The molecule has 0 saturated carbocycles. The number of para-hydroxylation sites is 2. The number of hydrogen-bond acceptors (Lipinski definition) is 5. The van der Waals surface area contributed by atoms with Crippen LogP contribution in [0, 0.1) is 0 Å². The van der Waals surface area contributed by atoms with Gasteiger partial charge in [0.05, 0.1) is 0 Å². The maximum Gasteiger partial charge on any atom is 0.164 e. The molecule has 1 aliphatic rings. The number of nitrogens with zero attached hydrogens (tertiary/aromatic N) is 4. The Morgan fingerprint density at radius 2 is 0.962 bits per heavy atom. The van der Waals surface area contributed by atoms with E-state index in [1.54, 1.807) is 0 Å². The van der Waals surface area contributed by atoms with Crippen LogP contribution in [0.15, 0.2) is 174 Å². The Hall–Kier alpha value is -6.63. The predicted octanol–water partition coefficient (Wildman–Crippen LogP) is 11.0. The van der Waals surface area contributed by atoms with E-state index in [0.717, 1.165) is 44.2 Å². The van der Waals surface area contributed by atoms with Gasteiger partial charge in [0, 0.05) is 44.5 Å². The van der Waals surface area contributed by atoms with Gasteiger partial charge in [0.25, 0.3) is 0 Å². The summed E-state index contributed by atoms with van der Waals surface area (Å²) in [5, 5.41) is 5.03. The lowest BCUT2D eigenvalue weighted by atomic mass is 10.0. The van der Waals surface area contributed by atoms with Crippen LogP contribution in [-0.2, 0) is 0 Å². The molecule has 5 nitrogen and oxygen atoms in total. The summed E-state index contributed by atoms with van der Waals surface area (Å²) in [5.41, 5.74) is 10.4. The fourth-order valence-corrected chi connectivity index (χ4v) is 10.7. The average Bonchev–Trinajstić information content (AvgIpc) is 3.59. The Morgan fingerprint density at radius 3 is 1.66 bits per heavy atom. The highest BCUT2D eigenvalue weighted by Gasteiger charge is 2.38. The average molecular weight is 699 g/mol. The standard InChI is InChI=1S/C47H34N4OSi/c1-53(2)43-21-13-12-20-39(43)51(36-18-10-5-11-19-36)40-29-34(24-27-44(40)53)33-23-26-41-38(28-33)37-25-22-35(30-42(37)52-41)47-49-45(31-14-6-3-7-15-31)48-46(50-47)32-16-8-4-9-17-32/h3-30H,1-2H3. The molecule has 0 N–H and O–H groups in total. The summed E-state index contributed by atoms with van der Waals surface area (Å²) in [7, 11) is -1.95. The molecule has 0 saturated heterocycles. The molecule has 0 fully saturated rings. The van der Waals surface area contributed by atoms with E-state index in [1.165, 1.54) is 33.0 Å². The first-order valence-electron chi connectivity index (χ1n) is 17.9. The lowest BCUT2D eigenvalue weighted by Gasteiger charge is -2.41. The van der Waals surface area contributed by atoms with Crippen LogP contribution in [0.1, 0.15) is 0 Å². The number of aromatic nitrogens is 3. The summed E-state index contributed by atoms with van der Waals surface area (Å²) in [6, 6.07) is 59.6. The van der Waals surface area contributed by atoms with Crippen LogP contribution in [0.25, 0.3) is 67.2 Å². The van der Waals surface area contributed by atoms with Gasteiger partial charge < -0.3 is 9.32 Å². The van der Waals surface area contributed by atoms with E-state index >= 15 is 0 Å². The van der Waals surface area contributed by atoms with Crippen molar-refractivity contribution >= 4 is 57.4 Å². The second kappa shape index (κ2) is 12.3. The third kappa shape index (κ3) is 5.26. The second-order valence-electron chi connectivity index (χ2n) is 14.1. The Balaban J connectivity index is 1.07. The van der Waals surface area contributed by atoms with Crippen LogP contribution < -0.4 is 15.3 Å². The molecular weight excluding hydrogens is 665 g/mol. The maximum absolute atomic E-state index is 6.49. The topological polar surface area (TPSA) is 55.1 Å². The minimum Gasteiger partial charge on any atom is -0.456 e. The molecule has 0 atom stereocenters. The van der Waals surface area contributed by atoms with Gasteiger partial charge in [0.1, 0.15) is 19.2 Å². The highest BCUT2D eigenvalue weighted by atomic mass is 28.3. The highest BCUT2D eigenvalue weighted by Crippen LogP contribution is 2.41. The number of benzene rings is 7. The van der Waals surface area contributed by atoms with Gasteiger partial charge in [-0.1, -0.05) is 134 Å². The van der Waals surface area contributed by atoms with Crippen LogP contribution >= 0.6 is 0 Å². The number of furan rings is 1. The Kier molecular flexibility index (Phi) is 7.20. The van der Waals surface area contributed by atoms with Gasteiger partial charge in [-0.25, -0.2) is 15.0 Å². The van der Waals surface area contributed by atoms with E-state index in [1.807, 2.05) is 60.7 Å². The minimum atomic E-state index is -1.95. The first kappa shape index (κ1) is 31.1. The molecule has 0 spiro atoms. The Bertz CT molecular complexity index is 2760. The van der Waals surface area contributed by atoms with E-state index in [-0.39, 0.29) is 0 Å². The van der Waals surface area contributed by atoms with Gasteiger partial charge in [0.2, 0.25) is 0 Å². The largest absolute Gasteiger partial charge is 0.456 e. The van der Waals surface area contributed by atoms with E-state index in [9.17, 15) is 0 Å². The van der Waals surface area contributed by atoms with Crippen LogP contribution in [0.3, 0.4) is 0 Å². The Labute approximate surface area is 308 Å². The molecule has 0 aliphatic carbocycles. The van der Waals surface area contributed by atoms with Gasteiger partial charge in [-0.2, -0.15) is 0 Å². The van der Waals surface area contributed by atoms with Crippen LogP contribution in [0.4, 0.5) is 17.1 Å². The van der Waals surface area contributed by atoms with Gasteiger partial charge in [-0.05, 0) is 70.0 Å². The molecule has 0 unspecified atom stereocenters. The van der Waals surface area contributed by atoms with Gasteiger partial charge in [-0.15, -0.1) is 0 Å². The van der Waals surface area contributed by atoms with E-state index in [2.05, 4.69) is 127 Å². The third-order valence-electron chi connectivity index (χ3n) is 10.5. The SMILES string of the molecule is C[Si]1(C)c2ccccc2N(c2ccccc2)c2cc(-c3ccc4oc5cc(-c6nc(-c7ccccc7)nc(-c7ccccc7)n6)ccc5c4c3)ccc21. The van der Waals surface area contributed by atoms with Crippen LogP contribution in [0.5, 0.6) is 0 Å². The van der Waals surface area contributed by atoms with Crippen molar-refractivity contribution < 1.29 is 4.42 Å². The molecule has 9 aromatic rings.